The van der Waals surface area contributed by atoms with Gasteiger partial charge >= 0.3 is 12.0 Å². The highest BCUT2D eigenvalue weighted by Crippen LogP contribution is 1.98. The zero-order chi connectivity index (χ0) is 12.4. The predicted octanol–water partition coefficient (Wildman–Crippen LogP) is 0.810. The highest BCUT2D eigenvalue weighted by molar-refractivity contribution is 5.74. The van der Waals surface area contributed by atoms with Crippen LogP contribution in [0.1, 0.15) is 26.7 Å². The van der Waals surface area contributed by atoms with Crippen molar-refractivity contribution in [3.05, 3.63) is 0 Å². The Balaban J connectivity index is 3.55. The number of carboxylic acid groups (broad SMARTS) is 1. The van der Waals surface area contributed by atoms with Gasteiger partial charge < -0.3 is 15.7 Å². The van der Waals surface area contributed by atoms with Gasteiger partial charge in [0.2, 0.25) is 0 Å². The van der Waals surface area contributed by atoms with Crippen LogP contribution < -0.4 is 10.6 Å². The highest BCUT2D eigenvalue weighted by Gasteiger charge is 2.08. The fraction of sp³-hybridized carbons (Fsp3) is 0.636. The van der Waals surface area contributed by atoms with Gasteiger partial charge in [-0.2, -0.15) is 0 Å². The van der Waals surface area contributed by atoms with Crippen molar-refractivity contribution in [2.45, 2.75) is 26.7 Å². The van der Waals surface area contributed by atoms with E-state index in [1.165, 1.54) is 0 Å². The average Bonchev–Trinajstić information content (AvgIpc) is 2.20. The van der Waals surface area contributed by atoms with Crippen LogP contribution in [0.5, 0.6) is 0 Å². The molecule has 0 aliphatic heterocycles. The van der Waals surface area contributed by atoms with Crippen molar-refractivity contribution in [3.8, 4) is 11.8 Å². The summed E-state index contributed by atoms with van der Waals surface area (Å²) in [6, 6.07) is -0.282. The molecule has 0 aliphatic rings. The smallest absolute Gasteiger partial charge is 0.314 e. The first kappa shape index (κ1) is 14.3. The van der Waals surface area contributed by atoms with Crippen molar-refractivity contribution in [1.29, 1.82) is 0 Å². The maximum Gasteiger partial charge on any atom is 0.314 e. The van der Waals surface area contributed by atoms with E-state index in [1.807, 2.05) is 0 Å². The van der Waals surface area contributed by atoms with Gasteiger partial charge in [0.1, 0.15) is 0 Å². The third kappa shape index (κ3) is 8.88. The van der Waals surface area contributed by atoms with Crippen molar-refractivity contribution in [2.24, 2.45) is 5.92 Å². The topological polar surface area (TPSA) is 78.4 Å². The Morgan fingerprint density at radius 3 is 2.62 bits per heavy atom. The number of carboxylic acids is 1. The maximum atomic E-state index is 11.2. The minimum atomic E-state index is -0.854. The largest absolute Gasteiger partial charge is 0.481 e. The van der Waals surface area contributed by atoms with Crippen LogP contribution in [0.3, 0.4) is 0 Å². The van der Waals surface area contributed by atoms with Crippen LogP contribution in [0, 0.1) is 17.8 Å². The van der Waals surface area contributed by atoms with Gasteiger partial charge in [0.15, 0.2) is 0 Å². The number of carbonyl (C=O) groups is 2. The van der Waals surface area contributed by atoms with Gasteiger partial charge in [0.05, 0.1) is 0 Å². The number of aliphatic carboxylic acids is 1. The molecule has 0 aromatic heterocycles. The second kappa shape index (κ2) is 8.60. The van der Waals surface area contributed by atoms with Crippen LogP contribution in [0.4, 0.5) is 4.79 Å². The first-order chi connectivity index (χ1) is 7.56. The summed E-state index contributed by atoms with van der Waals surface area (Å²) in [7, 11) is 0. The van der Waals surface area contributed by atoms with Crippen LogP contribution in [0.25, 0.3) is 0 Å². The lowest BCUT2D eigenvalue weighted by Crippen LogP contribution is -2.38. The van der Waals surface area contributed by atoms with Crippen LogP contribution in [0.15, 0.2) is 0 Å². The number of hydrogen-bond acceptors (Lipinski definition) is 2. The first-order valence-corrected chi connectivity index (χ1v) is 5.19. The van der Waals surface area contributed by atoms with E-state index in [1.54, 1.807) is 13.8 Å². The first-order valence-electron chi connectivity index (χ1n) is 5.19. The molecule has 90 valence electrons. The van der Waals surface area contributed by atoms with E-state index in [2.05, 4.69) is 22.5 Å². The van der Waals surface area contributed by atoms with Gasteiger partial charge in [-0.1, -0.05) is 6.92 Å². The van der Waals surface area contributed by atoms with E-state index in [4.69, 9.17) is 5.11 Å². The lowest BCUT2D eigenvalue weighted by atomic mass is 10.1. The van der Waals surface area contributed by atoms with E-state index < -0.39 is 5.97 Å². The quantitative estimate of drug-likeness (QED) is 0.463. The monoisotopic (exact) mass is 226 g/mol. The molecule has 5 nitrogen and oxygen atoms in total. The third-order valence-electron chi connectivity index (χ3n) is 1.85. The van der Waals surface area contributed by atoms with Crippen LogP contribution >= 0.6 is 0 Å². The molecule has 0 aromatic carbocycles. The van der Waals surface area contributed by atoms with E-state index in [0.717, 1.165) is 0 Å². The standard InChI is InChI=1S/C11H18N2O3/c1-3-4-5-6-12-11(16)13-8-9(2)7-10(14)15/h9H,5-8H2,1-2H3,(H,14,15)(H2,12,13,16). The van der Waals surface area contributed by atoms with E-state index in [9.17, 15) is 9.59 Å². The molecule has 0 rings (SSSR count). The Morgan fingerprint density at radius 1 is 1.38 bits per heavy atom. The molecule has 0 aromatic rings. The lowest BCUT2D eigenvalue weighted by molar-refractivity contribution is -0.137. The zero-order valence-electron chi connectivity index (χ0n) is 9.67. The van der Waals surface area contributed by atoms with Gasteiger partial charge in [-0.15, -0.1) is 11.8 Å². The molecule has 0 radical (unpaired) electrons. The number of urea groups is 1. The van der Waals surface area contributed by atoms with Crippen LogP contribution in [0.2, 0.25) is 0 Å². The fourth-order valence-corrected chi connectivity index (χ4v) is 1.06. The summed E-state index contributed by atoms with van der Waals surface area (Å²) in [5.41, 5.74) is 0. The molecule has 0 saturated heterocycles. The Morgan fingerprint density at radius 2 is 2.06 bits per heavy atom. The number of rotatable bonds is 6. The van der Waals surface area contributed by atoms with Crippen molar-refractivity contribution < 1.29 is 14.7 Å². The zero-order valence-corrected chi connectivity index (χ0v) is 9.67. The van der Waals surface area contributed by atoms with E-state index in [0.29, 0.717) is 19.5 Å². The minimum Gasteiger partial charge on any atom is -0.481 e. The molecule has 0 aliphatic carbocycles. The minimum absolute atomic E-state index is 0.0571. The number of carbonyl (C=O) groups excluding carboxylic acids is 1. The molecule has 1 atom stereocenters. The van der Waals surface area contributed by atoms with Crippen LogP contribution in [-0.4, -0.2) is 30.2 Å². The second-order valence-electron chi connectivity index (χ2n) is 3.52. The highest BCUT2D eigenvalue weighted by atomic mass is 16.4. The van der Waals surface area contributed by atoms with E-state index in [-0.39, 0.29) is 18.4 Å². The molecule has 0 fully saturated rings. The molecule has 1 unspecified atom stereocenters. The number of amides is 2. The lowest BCUT2D eigenvalue weighted by Gasteiger charge is -2.10. The molecule has 0 heterocycles. The number of nitrogens with one attached hydrogen (secondary N) is 2. The predicted molar refractivity (Wildman–Crippen MR) is 60.9 cm³/mol. The van der Waals surface area contributed by atoms with E-state index >= 15 is 0 Å². The summed E-state index contributed by atoms with van der Waals surface area (Å²) in [6.07, 6.45) is 0.677. The van der Waals surface area contributed by atoms with Crippen molar-refractivity contribution in [1.82, 2.24) is 10.6 Å². The Hall–Kier alpha value is -1.70. The Bertz CT molecular complexity index is 291. The summed E-state index contributed by atoms with van der Waals surface area (Å²) in [5.74, 6) is 4.63. The summed E-state index contributed by atoms with van der Waals surface area (Å²) in [4.78, 5) is 21.5. The molecular formula is C11H18N2O3. The molecule has 3 N–H and O–H groups in total. The van der Waals surface area contributed by atoms with Gasteiger partial charge in [-0.25, -0.2) is 4.79 Å². The van der Waals surface area contributed by atoms with Crippen molar-refractivity contribution in [2.75, 3.05) is 13.1 Å². The van der Waals surface area contributed by atoms with Crippen molar-refractivity contribution in [3.63, 3.8) is 0 Å². The molecule has 5 heteroatoms. The Kier molecular flexibility index (Phi) is 7.68. The number of hydrogen-bond donors (Lipinski definition) is 3. The summed E-state index contributed by atoms with van der Waals surface area (Å²) >= 11 is 0. The van der Waals surface area contributed by atoms with Crippen molar-refractivity contribution >= 4 is 12.0 Å². The SMILES string of the molecule is CC#CCCNC(=O)NCC(C)CC(=O)O. The molecule has 0 spiro atoms. The average molecular weight is 226 g/mol. The maximum absolute atomic E-state index is 11.2. The Labute approximate surface area is 95.6 Å². The summed E-state index contributed by atoms with van der Waals surface area (Å²) in [6.45, 7) is 4.38. The molecule has 16 heavy (non-hydrogen) atoms. The summed E-state index contributed by atoms with van der Waals surface area (Å²) in [5, 5.41) is 13.7. The third-order valence-corrected chi connectivity index (χ3v) is 1.85. The second-order valence-corrected chi connectivity index (χ2v) is 3.52. The molecule has 0 saturated carbocycles. The molecular weight excluding hydrogens is 208 g/mol. The fourth-order valence-electron chi connectivity index (χ4n) is 1.06. The normalized spacial score (nSPS) is 10.9. The van der Waals surface area contributed by atoms with Gasteiger partial charge in [-0.05, 0) is 12.8 Å². The summed E-state index contributed by atoms with van der Waals surface area (Å²) < 4.78 is 0. The van der Waals surface area contributed by atoms with Gasteiger partial charge in [-0.3, -0.25) is 4.79 Å². The van der Waals surface area contributed by atoms with Crippen LogP contribution in [-0.2, 0) is 4.79 Å². The molecule has 0 bridgehead atoms. The van der Waals surface area contributed by atoms with Gasteiger partial charge in [0.25, 0.3) is 0 Å². The van der Waals surface area contributed by atoms with Gasteiger partial charge in [0, 0.05) is 25.9 Å². The molecule has 2 amide bonds.